The molecule has 2 heteroatoms. The number of methoxy groups -OCH3 is 1. The summed E-state index contributed by atoms with van der Waals surface area (Å²) in [5.41, 5.74) is 8.10. The van der Waals surface area contributed by atoms with Crippen LogP contribution in [-0.2, 0) is 13.0 Å². The van der Waals surface area contributed by atoms with Gasteiger partial charge in [-0.05, 0) is 61.2 Å². The number of hydrogen-bond acceptors (Lipinski definition) is 2. The van der Waals surface area contributed by atoms with E-state index in [1.807, 2.05) is 0 Å². The Bertz CT molecular complexity index is 646. The number of fused-ring (bicyclic) bond motifs is 1. The first-order chi connectivity index (χ1) is 9.70. The van der Waals surface area contributed by atoms with Crippen molar-refractivity contribution < 1.29 is 4.74 Å². The molecular formula is C18H21NO. The maximum atomic E-state index is 5.56. The number of hydrogen-bond donors (Lipinski definition) is 1. The number of rotatable bonds is 2. The molecular weight excluding hydrogens is 246 g/mol. The molecule has 0 amide bonds. The van der Waals surface area contributed by atoms with Crippen molar-refractivity contribution >= 4 is 0 Å². The summed E-state index contributed by atoms with van der Waals surface area (Å²) in [6, 6.07) is 10.9. The third-order valence-corrected chi connectivity index (χ3v) is 4.16. The molecule has 0 saturated heterocycles. The van der Waals surface area contributed by atoms with Gasteiger partial charge in [0.1, 0.15) is 5.75 Å². The summed E-state index contributed by atoms with van der Waals surface area (Å²) in [7, 11) is 1.74. The molecule has 0 spiro atoms. The van der Waals surface area contributed by atoms with E-state index in [9.17, 15) is 0 Å². The number of nitrogens with one attached hydrogen (secondary N) is 1. The lowest BCUT2D eigenvalue weighted by Gasteiger charge is -2.23. The SMILES string of the molecule is COc1ccc(C)cc1-c1ccc(C)c2c1CNCC2. The lowest BCUT2D eigenvalue weighted by molar-refractivity contribution is 0.416. The highest BCUT2D eigenvalue weighted by Crippen LogP contribution is 2.36. The van der Waals surface area contributed by atoms with Crippen molar-refractivity contribution in [1.29, 1.82) is 0 Å². The molecule has 104 valence electrons. The van der Waals surface area contributed by atoms with Gasteiger partial charge in [-0.1, -0.05) is 23.8 Å². The molecule has 2 nitrogen and oxygen atoms in total. The highest BCUT2D eigenvalue weighted by molar-refractivity contribution is 5.76. The van der Waals surface area contributed by atoms with Crippen LogP contribution in [0.25, 0.3) is 11.1 Å². The van der Waals surface area contributed by atoms with Crippen LogP contribution in [0.1, 0.15) is 22.3 Å². The maximum Gasteiger partial charge on any atom is 0.126 e. The van der Waals surface area contributed by atoms with Gasteiger partial charge in [-0.2, -0.15) is 0 Å². The molecule has 3 rings (SSSR count). The van der Waals surface area contributed by atoms with Gasteiger partial charge in [0, 0.05) is 12.1 Å². The predicted octanol–water partition coefficient (Wildman–Crippen LogP) is 3.62. The summed E-state index contributed by atoms with van der Waals surface area (Å²) >= 11 is 0. The molecule has 1 N–H and O–H groups in total. The van der Waals surface area contributed by atoms with Gasteiger partial charge in [-0.15, -0.1) is 0 Å². The van der Waals surface area contributed by atoms with Gasteiger partial charge in [0.05, 0.1) is 7.11 Å². The van der Waals surface area contributed by atoms with Crippen molar-refractivity contribution in [1.82, 2.24) is 5.32 Å². The topological polar surface area (TPSA) is 21.3 Å². The Morgan fingerprint density at radius 2 is 1.85 bits per heavy atom. The Morgan fingerprint density at radius 3 is 2.65 bits per heavy atom. The molecule has 2 aromatic rings. The molecule has 1 aliphatic heterocycles. The molecule has 1 heterocycles. The van der Waals surface area contributed by atoms with Gasteiger partial charge in [0.25, 0.3) is 0 Å². The minimum atomic E-state index is 0.948. The standard InChI is InChI=1S/C18H21NO/c1-12-4-7-18(20-3)16(10-12)15-6-5-13(2)14-8-9-19-11-17(14)15/h4-7,10,19H,8-9,11H2,1-3H3. The van der Waals surface area contributed by atoms with E-state index in [2.05, 4.69) is 49.5 Å². The van der Waals surface area contributed by atoms with Crippen LogP contribution < -0.4 is 10.1 Å². The second-order valence-electron chi connectivity index (χ2n) is 5.52. The fourth-order valence-corrected chi connectivity index (χ4v) is 3.07. The zero-order valence-electron chi connectivity index (χ0n) is 12.4. The second kappa shape index (κ2) is 5.29. The quantitative estimate of drug-likeness (QED) is 0.897. The Hall–Kier alpha value is -1.80. The summed E-state index contributed by atoms with van der Waals surface area (Å²) in [6.45, 7) is 6.36. The van der Waals surface area contributed by atoms with Gasteiger partial charge in [0.15, 0.2) is 0 Å². The van der Waals surface area contributed by atoms with E-state index in [-0.39, 0.29) is 0 Å². The summed E-state index contributed by atoms with van der Waals surface area (Å²) in [5.74, 6) is 0.951. The van der Waals surface area contributed by atoms with E-state index in [0.717, 1.165) is 25.3 Å². The van der Waals surface area contributed by atoms with Crippen molar-refractivity contribution in [2.24, 2.45) is 0 Å². The molecule has 1 aliphatic rings. The van der Waals surface area contributed by atoms with Crippen molar-refractivity contribution in [2.45, 2.75) is 26.8 Å². The van der Waals surface area contributed by atoms with Crippen LogP contribution in [0.4, 0.5) is 0 Å². The van der Waals surface area contributed by atoms with Gasteiger partial charge < -0.3 is 10.1 Å². The lowest BCUT2D eigenvalue weighted by Crippen LogP contribution is -2.25. The zero-order chi connectivity index (χ0) is 14.1. The minimum absolute atomic E-state index is 0.948. The zero-order valence-corrected chi connectivity index (χ0v) is 12.4. The smallest absolute Gasteiger partial charge is 0.126 e. The molecule has 0 aromatic heterocycles. The van der Waals surface area contributed by atoms with E-state index >= 15 is 0 Å². The predicted molar refractivity (Wildman–Crippen MR) is 83.3 cm³/mol. The van der Waals surface area contributed by atoms with Crippen LogP contribution >= 0.6 is 0 Å². The molecule has 0 aliphatic carbocycles. The lowest BCUT2D eigenvalue weighted by atomic mass is 9.88. The van der Waals surface area contributed by atoms with Gasteiger partial charge in [-0.25, -0.2) is 0 Å². The molecule has 0 atom stereocenters. The first kappa shape index (κ1) is 13.2. The van der Waals surface area contributed by atoms with E-state index in [1.54, 1.807) is 7.11 Å². The normalized spacial score (nSPS) is 13.9. The first-order valence-corrected chi connectivity index (χ1v) is 7.18. The average molecular weight is 267 g/mol. The Morgan fingerprint density at radius 1 is 1.00 bits per heavy atom. The summed E-state index contributed by atoms with van der Waals surface area (Å²) < 4.78 is 5.56. The van der Waals surface area contributed by atoms with Crippen LogP contribution in [0.15, 0.2) is 30.3 Å². The highest BCUT2D eigenvalue weighted by atomic mass is 16.5. The van der Waals surface area contributed by atoms with Crippen LogP contribution in [-0.4, -0.2) is 13.7 Å². The molecule has 0 unspecified atom stereocenters. The van der Waals surface area contributed by atoms with E-state index in [4.69, 9.17) is 4.74 Å². The van der Waals surface area contributed by atoms with Crippen molar-refractivity contribution in [3.8, 4) is 16.9 Å². The summed E-state index contributed by atoms with van der Waals surface area (Å²) in [4.78, 5) is 0. The van der Waals surface area contributed by atoms with Crippen LogP contribution in [0, 0.1) is 13.8 Å². The highest BCUT2D eigenvalue weighted by Gasteiger charge is 2.18. The minimum Gasteiger partial charge on any atom is -0.496 e. The third kappa shape index (κ3) is 2.20. The maximum absolute atomic E-state index is 5.56. The van der Waals surface area contributed by atoms with E-state index < -0.39 is 0 Å². The Kier molecular flexibility index (Phi) is 3.49. The van der Waals surface area contributed by atoms with Gasteiger partial charge >= 0.3 is 0 Å². The van der Waals surface area contributed by atoms with Gasteiger partial charge in [0.2, 0.25) is 0 Å². The van der Waals surface area contributed by atoms with Crippen LogP contribution in [0.2, 0.25) is 0 Å². The van der Waals surface area contributed by atoms with Crippen LogP contribution in [0.5, 0.6) is 5.75 Å². The van der Waals surface area contributed by atoms with Gasteiger partial charge in [-0.3, -0.25) is 0 Å². The number of benzene rings is 2. The number of aryl methyl sites for hydroxylation is 2. The molecule has 0 saturated carbocycles. The number of ether oxygens (including phenoxy) is 1. The molecule has 0 radical (unpaired) electrons. The Labute approximate surface area is 120 Å². The van der Waals surface area contributed by atoms with Crippen molar-refractivity contribution in [2.75, 3.05) is 13.7 Å². The van der Waals surface area contributed by atoms with Crippen LogP contribution in [0.3, 0.4) is 0 Å². The van der Waals surface area contributed by atoms with E-state index in [0.29, 0.717) is 0 Å². The first-order valence-electron chi connectivity index (χ1n) is 7.18. The third-order valence-electron chi connectivity index (χ3n) is 4.16. The van der Waals surface area contributed by atoms with E-state index in [1.165, 1.54) is 33.4 Å². The van der Waals surface area contributed by atoms with Crippen molar-refractivity contribution in [3.63, 3.8) is 0 Å². The Balaban J connectivity index is 2.22. The second-order valence-corrected chi connectivity index (χ2v) is 5.52. The average Bonchev–Trinajstić information content (AvgIpc) is 2.48. The largest absolute Gasteiger partial charge is 0.496 e. The monoisotopic (exact) mass is 267 g/mol. The molecule has 0 fully saturated rings. The van der Waals surface area contributed by atoms with Crippen molar-refractivity contribution in [3.05, 3.63) is 52.6 Å². The fourth-order valence-electron chi connectivity index (χ4n) is 3.07. The molecule has 2 aromatic carbocycles. The fraction of sp³-hybridized carbons (Fsp3) is 0.333. The molecule has 0 bridgehead atoms. The summed E-state index contributed by atoms with van der Waals surface area (Å²) in [6.07, 6.45) is 1.11. The summed E-state index contributed by atoms with van der Waals surface area (Å²) in [5, 5.41) is 3.49. The molecule has 20 heavy (non-hydrogen) atoms.